The minimum atomic E-state index is -0.831. The molecular formula is C20H27NO4. The molecule has 1 aliphatic rings. The van der Waals surface area contributed by atoms with E-state index in [2.05, 4.69) is 6.07 Å². The number of carboxylic acid groups (broad SMARTS) is 1. The molecule has 0 heterocycles. The highest BCUT2D eigenvalue weighted by atomic mass is 16.5. The average molecular weight is 345 g/mol. The molecular weight excluding hydrogens is 318 g/mol. The van der Waals surface area contributed by atoms with Crippen LogP contribution in [0.15, 0.2) is 18.2 Å². The molecule has 0 aliphatic heterocycles. The van der Waals surface area contributed by atoms with Crippen molar-refractivity contribution in [3.05, 3.63) is 23.8 Å². The average Bonchev–Trinajstić information content (AvgIpc) is 3.12. The van der Waals surface area contributed by atoms with E-state index in [4.69, 9.17) is 14.6 Å². The Morgan fingerprint density at radius 2 is 2.08 bits per heavy atom. The lowest BCUT2D eigenvalue weighted by Crippen LogP contribution is -2.24. The van der Waals surface area contributed by atoms with Gasteiger partial charge in [-0.3, -0.25) is 4.79 Å². The van der Waals surface area contributed by atoms with Gasteiger partial charge in [-0.05, 0) is 62.6 Å². The highest BCUT2D eigenvalue weighted by Crippen LogP contribution is 2.39. The topological polar surface area (TPSA) is 79.6 Å². The molecule has 0 radical (unpaired) electrons. The van der Waals surface area contributed by atoms with Crippen molar-refractivity contribution in [2.24, 2.45) is 0 Å². The fourth-order valence-corrected chi connectivity index (χ4v) is 3.52. The first-order valence-electron chi connectivity index (χ1n) is 9.03. The minimum absolute atomic E-state index is 0.0744. The van der Waals surface area contributed by atoms with Crippen LogP contribution >= 0.6 is 0 Å². The van der Waals surface area contributed by atoms with Gasteiger partial charge < -0.3 is 14.6 Å². The molecule has 5 nitrogen and oxygen atoms in total. The van der Waals surface area contributed by atoms with Gasteiger partial charge in [0.05, 0.1) is 24.7 Å². The molecule has 1 aliphatic carbocycles. The minimum Gasteiger partial charge on any atom is -0.493 e. The normalized spacial score (nSPS) is 16.8. The maximum absolute atomic E-state index is 10.8. The summed E-state index contributed by atoms with van der Waals surface area (Å²) in [4.78, 5) is 10.8. The van der Waals surface area contributed by atoms with Gasteiger partial charge in [-0.25, -0.2) is 0 Å². The fourth-order valence-electron chi connectivity index (χ4n) is 3.52. The Hall–Kier alpha value is -2.22. The second-order valence-electron chi connectivity index (χ2n) is 6.68. The third-order valence-electron chi connectivity index (χ3n) is 5.12. The lowest BCUT2D eigenvalue weighted by molar-refractivity contribution is -0.137. The fraction of sp³-hybridized carbons (Fsp3) is 0.600. The molecule has 1 unspecified atom stereocenters. The monoisotopic (exact) mass is 345 g/mol. The summed E-state index contributed by atoms with van der Waals surface area (Å²) in [6, 6.07) is 8.07. The van der Waals surface area contributed by atoms with E-state index in [1.807, 2.05) is 25.1 Å². The number of nitrogens with zero attached hydrogens (tertiary/aromatic N) is 1. The standard InChI is InChI=1S/C20H27NO4/c1-3-20(14-21,12-6-9-19(22)23)15-10-11-17(24-2)18(13-15)25-16-7-4-5-8-16/h10-11,13,16H,3-9,12H2,1-2H3,(H,22,23). The lowest BCUT2D eigenvalue weighted by Gasteiger charge is -2.27. The molecule has 1 fully saturated rings. The summed E-state index contributed by atoms with van der Waals surface area (Å²) in [5.74, 6) is 0.519. The zero-order valence-electron chi connectivity index (χ0n) is 15.1. The molecule has 1 atom stereocenters. The summed E-state index contributed by atoms with van der Waals surface area (Å²) in [6.07, 6.45) is 6.34. The van der Waals surface area contributed by atoms with Crippen LogP contribution in [0.1, 0.15) is 63.9 Å². The van der Waals surface area contributed by atoms with Crippen molar-refractivity contribution in [2.45, 2.75) is 69.8 Å². The van der Waals surface area contributed by atoms with Gasteiger partial charge in [0.15, 0.2) is 11.5 Å². The van der Waals surface area contributed by atoms with Crippen molar-refractivity contribution in [1.82, 2.24) is 0 Å². The number of nitriles is 1. The molecule has 0 spiro atoms. The van der Waals surface area contributed by atoms with E-state index in [1.165, 1.54) is 12.8 Å². The summed E-state index contributed by atoms with van der Waals surface area (Å²) >= 11 is 0. The first-order valence-corrected chi connectivity index (χ1v) is 9.03. The Morgan fingerprint density at radius 3 is 2.64 bits per heavy atom. The molecule has 5 heteroatoms. The molecule has 136 valence electrons. The molecule has 2 rings (SSSR count). The Kier molecular flexibility index (Phi) is 6.69. The van der Waals surface area contributed by atoms with Crippen LogP contribution in [0.25, 0.3) is 0 Å². The zero-order chi connectivity index (χ0) is 18.3. The van der Waals surface area contributed by atoms with E-state index in [1.54, 1.807) is 7.11 Å². The molecule has 0 amide bonds. The number of hydrogen-bond acceptors (Lipinski definition) is 4. The van der Waals surface area contributed by atoms with E-state index >= 15 is 0 Å². The van der Waals surface area contributed by atoms with Crippen LogP contribution in [0.2, 0.25) is 0 Å². The van der Waals surface area contributed by atoms with Crippen LogP contribution in [0, 0.1) is 11.3 Å². The number of hydrogen-bond donors (Lipinski definition) is 1. The number of aliphatic carboxylic acids is 1. The smallest absolute Gasteiger partial charge is 0.303 e. The van der Waals surface area contributed by atoms with Gasteiger partial charge in [0.1, 0.15) is 0 Å². The van der Waals surface area contributed by atoms with Crippen LogP contribution in [0.5, 0.6) is 11.5 Å². The summed E-state index contributed by atoms with van der Waals surface area (Å²) in [6.45, 7) is 1.96. The van der Waals surface area contributed by atoms with Crippen molar-refractivity contribution in [3.63, 3.8) is 0 Å². The highest BCUT2D eigenvalue weighted by Gasteiger charge is 2.31. The van der Waals surface area contributed by atoms with Crippen molar-refractivity contribution < 1.29 is 19.4 Å². The number of methoxy groups -OCH3 is 1. The first-order chi connectivity index (χ1) is 12.0. The Labute approximate surface area is 149 Å². The maximum Gasteiger partial charge on any atom is 0.303 e. The molecule has 0 bridgehead atoms. The van der Waals surface area contributed by atoms with Crippen molar-refractivity contribution in [2.75, 3.05) is 7.11 Å². The summed E-state index contributed by atoms with van der Waals surface area (Å²) in [5, 5.41) is 18.7. The molecule has 25 heavy (non-hydrogen) atoms. The van der Waals surface area contributed by atoms with Crippen LogP contribution in [0.4, 0.5) is 0 Å². The predicted molar refractivity (Wildman–Crippen MR) is 94.9 cm³/mol. The quantitative estimate of drug-likeness (QED) is 0.715. The molecule has 1 aromatic rings. The zero-order valence-corrected chi connectivity index (χ0v) is 15.1. The molecule has 0 aromatic heterocycles. The summed E-state index contributed by atoms with van der Waals surface area (Å²) < 4.78 is 11.6. The van der Waals surface area contributed by atoms with E-state index in [0.717, 1.165) is 18.4 Å². The number of rotatable bonds is 9. The number of benzene rings is 1. The van der Waals surface area contributed by atoms with Gasteiger partial charge in [-0.1, -0.05) is 13.0 Å². The second kappa shape index (κ2) is 8.75. The van der Waals surface area contributed by atoms with Crippen LogP contribution in [0.3, 0.4) is 0 Å². The van der Waals surface area contributed by atoms with Gasteiger partial charge in [-0.15, -0.1) is 0 Å². The van der Waals surface area contributed by atoms with E-state index < -0.39 is 11.4 Å². The van der Waals surface area contributed by atoms with Crippen molar-refractivity contribution in [3.8, 4) is 17.6 Å². The van der Waals surface area contributed by atoms with Crippen LogP contribution in [-0.2, 0) is 10.2 Å². The van der Waals surface area contributed by atoms with Gasteiger partial charge in [0.25, 0.3) is 0 Å². The molecule has 1 aromatic carbocycles. The van der Waals surface area contributed by atoms with E-state index in [9.17, 15) is 10.1 Å². The maximum atomic E-state index is 10.8. The SMILES string of the molecule is CCC(C#N)(CCCC(=O)O)c1ccc(OC)c(OC2CCCC2)c1. The largest absolute Gasteiger partial charge is 0.493 e. The number of ether oxygens (including phenoxy) is 2. The first kappa shape index (κ1) is 19.1. The van der Waals surface area contributed by atoms with Gasteiger partial charge in [-0.2, -0.15) is 5.26 Å². The second-order valence-corrected chi connectivity index (χ2v) is 6.68. The Bertz CT molecular complexity index is 631. The Balaban J connectivity index is 2.27. The van der Waals surface area contributed by atoms with Gasteiger partial charge in [0.2, 0.25) is 0 Å². The predicted octanol–water partition coefficient (Wildman–Crippen LogP) is 4.44. The third-order valence-corrected chi connectivity index (χ3v) is 5.12. The van der Waals surface area contributed by atoms with Gasteiger partial charge >= 0.3 is 5.97 Å². The lowest BCUT2D eigenvalue weighted by atomic mass is 9.75. The van der Waals surface area contributed by atoms with Gasteiger partial charge in [0, 0.05) is 6.42 Å². The number of carboxylic acids is 1. The summed E-state index contributed by atoms with van der Waals surface area (Å²) in [5.41, 5.74) is 0.173. The van der Waals surface area contributed by atoms with Crippen LogP contribution < -0.4 is 9.47 Å². The van der Waals surface area contributed by atoms with E-state index in [0.29, 0.717) is 30.8 Å². The molecule has 1 saturated carbocycles. The van der Waals surface area contributed by atoms with Crippen molar-refractivity contribution in [1.29, 1.82) is 5.26 Å². The molecule has 0 saturated heterocycles. The molecule has 1 N–H and O–H groups in total. The number of carbonyl (C=O) groups is 1. The van der Waals surface area contributed by atoms with Crippen LogP contribution in [-0.4, -0.2) is 24.3 Å². The summed E-state index contributed by atoms with van der Waals surface area (Å²) in [7, 11) is 1.61. The Morgan fingerprint density at radius 1 is 1.36 bits per heavy atom. The van der Waals surface area contributed by atoms with Crippen molar-refractivity contribution >= 4 is 5.97 Å². The highest BCUT2D eigenvalue weighted by molar-refractivity contribution is 5.66. The third kappa shape index (κ3) is 4.66. The van der Waals surface area contributed by atoms with E-state index in [-0.39, 0.29) is 12.5 Å².